The topological polar surface area (TPSA) is 79.0 Å². The average Bonchev–Trinajstić information content (AvgIpc) is 3.31. The molecule has 0 radical (unpaired) electrons. The Morgan fingerprint density at radius 2 is 2.29 bits per heavy atom. The molecular formula is C17H19FN4O2. The number of anilines is 1. The highest BCUT2D eigenvalue weighted by Gasteiger charge is 2.24. The van der Waals surface area contributed by atoms with Crippen LogP contribution in [0.15, 0.2) is 18.2 Å². The van der Waals surface area contributed by atoms with Crippen molar-refractivity contribution in [3.8, 4) is 5.75 Å². The van der Waals surface area contributed by atoms with Crippen LogP contribution in [0.25, 0.3) is 0 Å². The molecule has 7 heteroatoms. The Labute approximate surface area is 138 Å². The monoisotopic (exact) mass is 330 g/mol. The van der Waals surface area contributed by atoms with Crippen LogP contribution < -0.4 is 15.4 Å². The predicted molar refractivity (Wildman–Crippen MR) is 86.6 cm³/mol. The first-order valence-corrected chi connectivity index (χ1v) is 8.21. The van der Waals surface area contributed by atoms with Gasteiger partial charge in [-0.3, -0.25) is 9.89 Å². The van der Waals surface area contributed by atoms with E-state index >= 15 is 0 Å². The zero-order valence-corrected chi connectivity index (χ0v) is 13.2. The summed E-state index contributed by atoms with van der Waals surface area (Å²) in [6.07, 6.45) is 3.11. The van der Waals surface area contributed by atoms with E-state index in [1.807, 2.05) is 0 Å². The minimum Gasteiger partial charge on any atom is -0.491 e. The van der Waals surface area contributed by atoms with Crippen molar-refractivity contribution >= 4 is 11.6 Å². The molecular weight excluding hydrogens is 311 g/mol. The molecule has 1 fully saturated rings. The fraction of sp³-hybridized carbons (Fsp3) is 0.412. The Hall–Kier alpha value is -2.41. The first kappa shape index (κ1) is 15.1. The first-order valence-electron chi connectivity index (χ1n) is 8.21. The molecule has 0 bridgehead atoms. The fourth-order valence-electron chi connectivity index (χ4n) is 2.81. The summed E-state index contributed by atoms with van der Waals surface area (Å²) in [7, 11) is 0. The van der Waals surface area contributed by atoms with Gasteiger partial charge in [-0.25, -0.2) is 4.39 Å². The third-order valence-corrected chi connectivity index (χ3v) is 4.38. The summed E-state index contributed by atoms with van der Waals surface area (Å²) in [6.45, 7) is 2.03. The van der Waals surface area contributed by atoms with Crippen LogP contribution in [0, 0.1) is 11.7 Å². The van der Waals surface area contributed by atoms with Crippen molar-refractivity contribution in [1.29, 1.82) is 0 Å². The van der Waals surface area contributed by atoms with E-state index in [1.165, 1.54) is 18.2 Å². The van der Waals surface area contributed by atoms with Crippen molar-refractivity contribution in [3.05, 3.63) is 41.0 Å². The number of aromatic amines is 1. The maximum absolute atomic E-state index is 13.5. The van der Waals surface area contributed by atoms with Gasteiger partial charge in [0.1, 0.15) is 11.6 Å². The summed E-state index contributed by atoms with van der Waals surface area (Å²) in [6, 6.07) is 4.13. The van der Waals surface area contributed by atoms with Crippen LogP contribution in [-0.2, 0) is 13.0 Å². The van der Waals surface area contributed by atoms with Crippen molar-refractivity contribution in [2.24, 2.45) is 5.92 Å². The third-order valence-electron chi connectivity index (χ3n) is 4.38. The number of aromatic nitrogens is 2. The Kier molecular flexibility index (Phi) is 3.93. The average molecular weight is 330 g/mol. The number of halogens is 1. The summed E-state index contributed by atoms with van der Waals surface area (Å²) in [5.74, 6) is 0.193. The molecule has 6 nitrogen and oxygen atoms in total. The smallest absolute Gasteiger partial charge is 0.276 e. The van der Waals surface area contributed by atoms with Crippen LogP contribution in [0.5, 0.6) is 5.75 Å². The molecule has 3 N–H and O–H groups in total. The molecule has 0 saturated heterocycles. The third kappa shape index (κ3) is 3.12. The van der Waals surface area contributed by atoms with Crippen LogP contribution in [0.2, 0.25) is 0 Å². The SMILES string of the molecule is O=C(Nc1ccc(F)cc1OCC1CC1)c1n[nH]c2c1CNCC2. The Bertz CT molecular complexity index is 770. The Balaban J connectivity index is 1.53. The number of benzene rings is 1. The van der Waals surface area contributed by atoms with Crippen molar-refractivity contribution in [1.82, 2.24) is 15.5 Å². The number of rotatable bonds is 5. The summed E-state index contributed by atoms with van der Waals surface area (Å²) in [4.78, 5) is 12.6. The van der Waals surface area contributed by atoms with Crippen molar-refractivity contribution in [2.45, 2.75) is 25.8 Å². The molecule has 0 atom stereocenters. The number of ether oxygens (including phenoxy) is 1. The molecule has 1 aliphatic heterocycles. The van der Waals surface area contributed by atoms with Crippen LogP contribution in [-0.4, -0.2) is 29.3 Å². The molecule has 24 heavy (non-hydrogen) atoms. The Morgan fingerprint density at radius 1 is 1.42 bits per heavy atom. The molecule has 1 saturated carbocycles. The number of carbonyl (C=O) groups excluding carboxylic acids is 1. The highest BCUT2D eigenvalue weighted by atomic mass is 19.1. The first-order chi connectivity index (χ1) is 11.7. The number of fused-ring (bicyclic) bond motifs is 1. The lowest BCUT2D eigenvalue weighted by Gasteiger charge is -2.14. The highest BCUT2D eigenvalue weighted by Crippen LogP contribution is 2.32. The molecule has 126 valence electrons. The molecule has 2 aliphatic rings. The normalized spacial score (nSPS) is 16.5. The number of hydrogen-bond acceptors (Lipinski definition) is 4. The van der Waals surface area contributed by atoms with Crippen molar-refractivity contribution in [3.63, 3.8) is 0 Å². The van der Waals surface area contributed by atoms with Crippen molar-refractivity contribution < 1.29 is 13.9 Å². The summed E-state index contributed by atoms with van der Waals surface area (Å²) >= 11 is 0. The second-order valence-corrected chi connectivity index (χ2v) is 6.31. The van der Waals surface area contributed by atoms with E-state index in [0.717, 1.165) is 37.1 Å². The predicted octanol–water partition coefficient (Wildman–Crippen LogP) is 2.24. The molecule has 1 aromatic heterocycles. The Morgan fingerprint density at radius 3 is 3.12 bits per heavy atom. The molecule has 1 aromatic carbocycles. The van der Waals surface area contributed by atoms with Crippen molar-refractivity contribution in [2.75, 3.05) is 18.5 Å². The number of nitrogens with zero attached hydrogens (tertiary/aromatic N) is 1. The van der Waals surface area contributed by atoms with Gasteiger partial charge in [-0.05, 0) is 30.9 Å². The van der Waals surface area contributed by atoms with Gasteiger partial charge in [0.2, 0.25) is 0 Å². The largest absolute Gasteiger partial charge is 0.491 e. The number of amides is 1. The van der Waals surface area contributed by atoms with E-state index in [4.69, 9.17) is 4.74 Å². The lowest BCUT2D eigenvalue weighted by atomic mass is 10.1. The summed E-state index contributed by atoms with van der Waals surface area (Å²) in [5.41, 5.74) is 2.71. The lowest BCUT2D eigenvalue weighted by Crippen LogP contribution is -2.25. The summed E-state index contributed by atoms with van der Waals surface area (Å²) < 4.78 is 19.2. The fourth-order valence-corrected chi connectivity index (χ4v) is 2.81. The van der Waals surface area contributed by atoms with Crippen LogP contribution in [0.1, 0.15) is 34.6 Å². The van der Waals surface area contributed by atoms with Gasteiger partial charge in [0.25, 0.3) is 5.91 Å². The molecule has 4 rings (SSSR count). The summed E-state index contributed by atoms with van der Waals surface area (Å²) in [5, 5.41) is 13.1. The van der Waals surface area contributed by atoms with Gasteiger partial charge in [-0.15, -0.1) is 0 Å². The number of carbonyl (C=O) groups is 1. The quantitative estimate of drug-likeness (QED) is 0.785. The molecule has 2 aromatic rings. The van der Waals surface area contributed by atoms with Gasteiger partial charge in [0.15, 0.2) is 5.69 Å². The molecule has 2 heterocycles. The lowest BCUT2D eigenvalue weighted by molar-refractivity contribution is 0.102. The van der Waals surface area contributed by atoms with E-state index in [-0.39, 0.29) is 11.7 Å². The molecule has 0 unspecified atom stereocenters. The zero-order valence-electron chi connectivity index (χ0n) is 13.2. The van der Waals surface area contributed by atoms with E-state index in [9.17, 15) is 9.18 Å². The van der Waals surface area contributed by atoms with E-state index in [0.29, 0.717) is 36.2 Å². The molecule has 0 spiro atoms. The van der Waals surface area contributed by atoms with Crippen LogP contribution in [0.4, 0.5) is 10.1 Å². The second kappa shape index (κ2) is 6.24. The number of hydrogen-bond donors (Lipinski definition) is 3. The number of nitrogens with one attached hydrogen (secondary N) is 3. The van der Waals surface area contributed by atoms with Gasteiger partial charge in [-0.1, -0.05) is 0 Å². The minimum absolute atomic E-state index is 0.320. The molecule has 1 aliphatic carbocycles. The van der Waals surface area contributed by atoms with Gasteiger partial charge in [-0.2, -0.15) is 5.10 Å². The maximum atomic E-state index is 13.5. The van der Waals surface area contributed by atoms with Gasteiger partial charge >= 0.3 is 0 Å². The van der Waals surface area contributed by atoms with E-state index < -0.39 is 0 Å². The second-order valence-electron chi connectivity index (χ2n) is 6.31. The van der Waals surface area contributed by atoms with E-state index in [2.05, 4.69) is 20.8 Å². The van der Waals surface area contributed by atoms with Gasteiger partial charge < -0.3 is 15.4 Å². The maximum Gasteiger partial charge on any atom is 0.276 e. The zero-order chi connectivity index (χ0) is 16.5. The van der Waals surface area contributed by atoms with Gasteiger partial charge in [0, 0.05) is 36.8 Å². The highest BCUT2D eigenvalue weighted by molar-refractivity contribution is 6.04. The van der Waals surface area contributed by atoms with Crippen LogP contribution >= 0.6 is 0 Å². The molecule has 1 amide bonds. The van der Waals surface area contributed by atoms with Gasteiger partial charge in [0.05, 0.1) is 12.3 Å². The number of H-pyrrole nitrogens is 1. The van der Waals surface area contributed by atoms with Crippen LogP contribution in [0.3, 0.4) is 0 Å². The van der Waals surface area contributed by atoms with E-state index in [1.54, 1.807) is 0 Å². The standard InChI is InChI=1S/C17H19FN4O2/c18-11-3-4-14(15(7-11)24-9-10-1-2-10)20-17(23)16-12-8-19-6-5-13(12)21-22-16/h3-4,7,10,19H,1-2,5-6,8-9H2,(H,20,23)(H,21,22). The minimum atomic E-state index is -0.389.